The molecule has 4 aromatic rings. The van der Waals surface area contributed by atoms with Crippen molar-refractivity contribution in [3.8, 4) is 16.9 Å². The number of aromatic carboxylic acids is 1. The van der Waals surface area contributed by atoms with E-state index in [1.165, 1.54) is 0 Å². The van der Waals surface area contributed by atoms with Crippen LogP contribution in [0.25, 0.3) is 22.0 Å². The molecule has 4 nitrogen and oxygen atoms in total. The summed E-state index contributed by atoms with van der Waals surface area (Å²) in [6.45, 7) is 0.517. The third-order valence-corrected chi connectivity index (χ3v) is 4.27. The lowest BCUT2D eigenvalue weighted by Crippen LogP contribution is -1.94. The van der Waals surface area contributed by atoms with Gasteiger partial charge in [0.1, 0.15) is 18.1 Å². The quantitative estimate of drug-likeness (QED) is 0.529. The van der Waals surface area contributed by atoms with Crippen molar-refractivity contribution in [3.63, 3.8) is 0 Å². The summed E-state index contributed by atoms with van der Waals surface area (Å²) >= 11 is 0. The number of carboxylic acids is 1. The van der Waals surface area contributed by atoms with Crippen LogP contribution in [0.4, 0.5) is 0 Å². The van der Waals surface area contributed by atoms with Gasteiger partial charge in [-0.1, -0.05) is 48.5 Å². The maximum Gasteiger partial charge on any atom is 0.352 e. The highest BCUT2D eigenvalue weighted by Gasteiger charge is 2.08. The van der Waals surface area contributed by atoms with E-state index < -0.39 is 5.97 Å². The number of benzene rings is 3. The summed E-state index contributed by atoms with van der Waals surface area (Å²) in [7, 11) is 0. The summed E-state index contributed by atoms with van der Waals surface area (Å²) < 4.78 is 5.89. The van der Waals surface area contributed by atoms with Crippen LogP contribution >= 0.6 is 0 Å². The minimum absolute atomic E-state index is 0.192. The highest BCUT2D eigenvalue weighted by molar-refractivity contribution is 5.95. The summed E-state index contributed by atoms with van der Waals surface area (Å²) in [5.74, 6) is -0.161. The zero-order valence-electron chi connectivity index (χ0n) is 14.0. The van der Waals surface area contributed by atoms with Gasteiger partial charge in [0.2, 0.25) is 0 Å². The molecule has 0 bridgehead atoms. The second-order valence-electron chi connectivity index (χ2n) is 6.09. The molecule has 0 fully saturated rings. The van der Waals surface area contributed by atoms with Gasteiger partial charge >= 0.3 is 5.97 Å². The van der Waals surface area contributed by atoms with E-state index >= 15 is 0 Å². The van der Waals surface area contributed by atoms with Crippen molar-refractivity contribution < 1.29 is 14.6 Å². The zero-order valence-corrected chi connectivity index (χ0v) is 14.0. The van der Waals surface area contributed by atoms with Gasteiger partial charge in [-0.3, -0.25) is 0 Å². The van der Waals surface area contributed by atoms with Crippen LogP contribution in [0, 0.1) is 0 Å². The number of H-pyrrole nitrogens is 1. The number of ether oxygens (including phenoxy) is 1. The zero-order chi connectivity index (χ0) is 17.9. The Balaban J connectivity index is 1.59. The van der Waals surface area contributed by atoms with Gasteiger partial charge < -0.3 is 14.8 Å². The monoisotopic (exact) mass is 343 g/mol. The number of carbonyl (C=O) groups is 1. The molecule has 128 valence electrons. The predicted molar refractivity (Wildman–Crippen MR) is 101 cm³/mol. The van der Waals surface area contributed by atoms with E-state index in [1.54, 1.807) is 6.07 Å². The number of hydrogen-bond acceptors (Lipinski definition) is 2. The maximum absolute atomic E-state index is 11.1. The number of hydrogen-bond donors (Lipinski definition) is 2. The fraction of sp³-hybridized carbons (Fsp3) is 0.0455. The van der Waals surface area contributed by atoms with Crippen LogP contribution < -0.4 is 4.74 Å². The molecule has 1 aromatic heterocycles. The van der Waals surface area contributed by atoms with Crippen LogP contribution in [0.5, 0.6) is 5.75 Å². The third kappa shape index (κ3) is 3.30. The van der Waals surface area contributed by atoms with Crippen molar-refractivity contribution in [2.24, 2.45) is 0 Å². The molecule has 1 heterocycles. The van der Waals surface area contributed by atoms with Crippen molar-refractivity contribution in [2.45, 2.75) is 6.61 Å². The van der Waals surface area contributed by atoms with Crippen LogP contribution in [0.3, 0.4) is 0 Å². The molecule has 0 saturated carbocycles. The Morgan fingerprint density at radius 1 is 0.885 bits per heavy atom. The van der Waals surface area contributed by atoms with Gasteiger partial charge in [0.25, 0.3) is 0 Å². The van der Waals surface area contributed by atoms with Crippen LogP contribution in [0.15, 0.2) is 78.9 Å². The topological polar surface area (TPSA) is 62.3 Å². The molecule has 0 aliphatic heterocycles. The Bertz CT molecular complexity index is 1070. The second-order valence-corrected chi connectivity index (χ2v) is 6.09. The van der Waals surface area contributed by atoms with E-state index in [4.69, 9.17) is 9.84 Å². The lowest BCUT2D eigenvalue weighted by molar-refractivity contribution is 0.0691. The number of aromatic amines is 1. The molecule has 0 amide bonds. The van der Waals surface area contributed by atoms with Gasteiger partial charge in [-0.15, -0.1) is 0 Å². The Morgan fingerprint density at radius 3 is 2.50 bits per heavy atom. The first-order chi connectivity index (χ1) is 12.7. The minimum Gasteiger partial charge on any atom is -0.489 e. The molecule has 0 aliphatic carbocycles. The van der Waals surface area contributed by atoms with Gasteiger partial charge in [0, 0.05) is 10.9 Å². The maximum atomic E-state index is 11.1. The molecule has 0 radical (unpaired) electrons. The largest absolute Gasteiger partial charge is 0.489 e. The Kier molecular flexibility index (Phi) is 4.15. The number of fused-ring (bicyclic) bond motifs is 1. The molecule has 4 rings (SSSR count). The average Bonchev–Trinajstić information content (AvgIpc) is 3.11. The fourth-order valence-electron chi connectivity index (χ4n) is 2.93. The van der Waals surface area contributed by atoms with E-state index in [0.717, 1.165) is 33.3 Å². The van der Waals surface area contributed by atoms with Gasteiger partial charge in [-0.25, -0.2) is 4.79 Å². The summed E-state index contributed by atoms with van der Waals surface area (Å²) in [6.07, 6.45) is 0. The molecule has 26 heavy (non-hydrogen) atoms. The summed E-state index contributed by atoms with van der Waals surface area (Å²) in [6, 6.07) is 25.4. The smallest absolute Gasteiger partial charge is 0.352 e. The van der Waals surface area contributed by atoms with Crippen LogP contribution in [-0.4, -0.2) is 16.1 Å². The minimum atomic E-state index is -0.959. The molecule has 3 aromatic carbocycles. The molecular formula is C22H17NO3. The summed E-state index contributed by atoms with van der Waals surface area (Å²) in [5, 5.41) is 9.98. The SMILES string of the molecule is O=C(O)c1cc2cc(-c3cccc(OCc4ccccc4)c3)ccc2[nH]1. The Morgan fingerprint density at radius 2 is 1.69 bits per heavy atom. The predicted octanol–water partition coefficient (Wildman–Crippen LogP) is 5.11. The van der Waals surface area contributed by atoms with Crippen LogP contribution in [-0.2, 0) is 6.61 Å². The van der Waals surface area contributed by atoms with Crippen LogP contribution in [0.2, 0.25) is 0 Å². The lowest BCUT2D eigenvalue weighted by atomic mass is 10.0. The van der Waals surface area contributed by atoms with Crippen molar-refractivity contribution in [3.05, 3.63) is 90.1 Å². The first-order valence-corrected chi connectivity index (χ1v) is 8.32. The summed E-state index contributed by atoms with van der Waals surface area (Å²) in [5.41, 5.74) is 4.15. The Hall–Kier alpha value is -3.53. The van der Waals surface area contributed by atoms with Gasteiger partial charge in [-0.05, 0) is 47.0 Å². The number of carboxylic acid groups (broad SMARTS) is 1. The number of nitrogens with one attached hydrogen (secondary N) is 1. The summed E-state index contributed by atoms with van der Waals surface area (Å²) in [4.78, 5) is 14.0. The van der Waals surface area contributed by atoms with Crippen molar-refractivity contribution in [1.82, 2.24) is 4.98 Å². The van der Waals surface area contributed by atoms with Crippen molar-refractivity contribution in [1.29, 1.82) is 0 Å². The van der Waals surface area contributed by atoms with E-state index in [9.17, 15) is 4.79 Å². The van der Waals surface area contributed by atoms with E-state index in [0.29, 0.717) is 6.61 Å². The van der Waals surface area contributed by atoms with Gasteiger partial charge in [0.05, 0.1) is 0 Å². The van der Waals surface area contributed by atoms with Crippen LogP contribution in [0.1, 0.15) is 16.1 Å². The lowest BCUT2D eigenvalue weighted by Gasteiger charge is -2.08. The second kappa shape index (κ2) is 6.76. The third-order valence-electron chi connectivity index (χ3n) is 4.27. The van der Waals surface area contributed by atoms with Gasteiger partial charge in [0.15, 0.2) is 0 Å². The first kappa shape index (κ1) is 16.0. The van der Waals surface area contributed by atoms with E-state index in [1.807, 2.05) is 72.8 Å². The molecule has 2 N–H and O–H groups in total. The van der Waals surface area contributed by atoms with Crippen molar-refractivity contribution >= 4 is 16.9 Å². The number of rotatable bonds is 5. The highest BCUT2D eigenvalue weighted by Crippen LogP contribution is 2.28. The highest BCUT2D eigenvalue weighted by atomic mass is 16.5. The van der Waals surface area contributed by atoms with E-state index in [-0.39, 0.29) is 5.69 Å². The average molecular weight is 343 g/mol. The van der Waals surface area contributed by atoms with Crippen molar-refractivity contribution in [2.75, 3.05) is 0 Å². The number of aromatic nitrogens is 1. The normalized spacial score (nSPS) is 10.8. The van der Waals surface area contributed by atoms with Gasteiger partial charge in [-0.2, -0.15) is 0 Å². The fourth-order valence-corrected chi connectivity index (χ4v) is 2.93. The molecule has 0 aliphatic rings. The van der Waals surface area contributed by atoms with E-state index in [2.05, 4.69) is 4.98 Å². The first-order valence-electron chi connectivity index (χ1n) is 8.32. The Labute approximate surface area is 150 Å². The molecule has 0 spiro atoms. The molecule has 0 unspecified atom stereocenters. The molecule has 4 heteroatoms. The standard InChI is InChI=1S/C22H17NO3/c24-22(25)21-13-18-11-17(9-10-20(18)23-21)16-7-4-8-19(12-16)26-14-15-5-2-1-3-6-15/h1-13,23H,14H2,(H,24,25). The molecule has 0 atom stereocenters. The molecular weight excluding hydrogens is 326 g/mol. The molecule has 0 saturated heterocycles.